The van der Waals surface area contributed by atoms with E-state index >= 15 is 0 Å². The predicted octanol–water partition coefficient (Wildman–Crippen LogP) is 1.43. The number of hydrogen-bond acceptors (Lipinski definition) is 3. The van der Waals surface area contributed by atoms with Crippen LogP contribution < -0.4 is 15.5 Å². The molecule has 1 atom stereocenters. The van der Waals surface area contributed by atoms with Gasteiger partial charge < -0.3 is 15.5 Å². The summed E-state index contributed by atoms with van der Waals surface area (Å²) >= 11 is 0. The number of nitrogens with zero attached hydrogens (tertiary/aromatic N) is 1. The average Bonchev–Trinajstić information content (AvgIpc) is 3.00. The fraction of sp³-hybridized carbons (Fsp3) is 0.529. The van der Waals surface area contributed by atoms with Crippen LogP contribution in [0.4, 0.5) is 5.69 Å². The number of rotatable bonds is 4. The molecule has 0 saturated carbocycles. The lowest BCUT2D eigenvalue weighted by Gasteiger charge is -2.22. The van der Waals surface area contributed by atoms with Gasteiger partial charge in [-0.25, -0.2) is 0 Å². The highest BCUT2D eigenvalue weighted by molar-refractivity contribution is 5.95. The van der Waals surface area contributed by atoms with Crippen molar-refractivity contribution in [3.8, 4) is 0 Å². The molecule has 0 aliphatic carbocycles. The molecule has 2 N–H and O–H groups in total. The topological polar surface area (TPSA) is 61.4 Å². The smallest absolute Gasteiger partial charge is 0.227 e. The van der Waals surface area contributed by atoms with E-state index in [9.17, 15) is 9.59 Å². The Bertz CT molecular complexity index is 535. The van der Waals surface area contributed by atoms with Crippen LogP contribution in [0.1, 0.15) is 31.2 Å². The maximum Gasteiger partial charge on any atom is 0.227 e. The lowest BCUT2D eigenvalue weighted by Crippen LogP contribution is -2.40. The van der Waals surface area contributed by atoms with Gasteiger partial charge in [0, 0.05) is 31.7 Å². The van der Waals surface area contributed by atoms with Crippen molar-refractivity contribution in [3.63, 3.8) is 0 Å². The minimum atomic E-state index is 0.0928. The van der Waals surface area contributed by atoms with Gasteiger partial charge in [-0.1, -0.05) is 12.1 Å². The maximum atomic E-state index is 12.1. The summed E-state index contributed by atoms with van der Waals surface area (Å²) in [6.45, 7) is 3.15. The van der Waals surface area contributed by atoms with Crippen LogP contribution in [0.25, 0.3) is 0 Å². The van der Waals surface area contributed by atoms with Crippen LogP contribution in [0.3, 0.4) is 0 Å². The van der Waals surface area contributed by atoms with Crippen LogP contribution >= 0.6 is 0 Å². The summed E-state index contributed by atoms with van der Waals surface area (Å²) < 4.78 is 0. The fourth-order valence-electron chi connectivity index (χ4n) is 3.12. The SMILES string of the molecule is O=C(NCc1ccc(N2CCCC2=O)cc1)[C@@H]1CCCNC1. The molecule has 5 heteroatoms. The summed E-state index contributed by atoms with van der Waals surface area (Å²) in [5.74, 6) is 0.423. The van der Waals surface area contributed by atoms with Gasteiger partial charge in [0.15, 0.2) is 0 Å². The monoisotopic (exact) mass is 301 g/mol. The number of amides is 2. The number of anilines is 1. The van der Waals surface area contributed by atoms with E-state index < -0.39 is 0 Å². The van der Waals surface area contributed by atoms with Gasteiger partial charge in [0.05, 0.1) is 5.92 Å². The van der Waals surface area contributed by atoms with Crippen LogP contribution in [0.5, 0.6) is 0 Å². The number of carbonyl (C=O) groups excluding carboxylic acids is 2. The first-order valence-corrected chi connectivity index (χ1v) is 8.12. The van der Waals surface area contributed by atoms with E-state index in [-0.39, 0.29) is 17.7 Å². The lowest BCUT2D eigenvalue weighted by molar-refractivity contribution is -0.125. The molecule has 5 nitrogen and oxygen atoms in total. The summed E-state index contributed by atoms with van der Waals surface area (Å²) in [6.07, 6.45) is 3.62. The molecule has 2 aliphatic rings. The quantitative estimate of drug-likeness (QED) is 0.884. The number of benzene rings is 1. The molecule has 2 aliphatic heterocycles. The number of carbonyl (C=O) groups is 2. The average molecular weight is 301 g/mol. The Kier molecular flexibility index (Phi) is 4.73. The van der Waals surface area contributed by atoms with Crippen molar-refractivity contribution in [1.29, 1.82) is 0 Å². The van der Waals surface area contributed by atoms with Gasteiger partial charge in [0.2, 0.25) is 11.8 Å². The zero-order chi connectivity index (χ0) is 15.4. The standard InChI is InChI=1S/C17H23N3O2/c21-16-4-2-10-20(16)15-7-5-13(6-8-15)11-19-17(22)14-3-1-9-18-12-14/h5-8,14,18H,1-4,9-12H2,(H,19,22)/t14-/m1/s1. The van der Waals surface area contributed by atoms with Gasteiger partial charge in [-0.05, 0) is 43.5 Å². The summed E-state index contributed by atoms with van der Waals surface area (Å²) in [5.41, 5.74) is 2.02. The first-order chi connectivity index (χ1) is 10.7. The van der Waals surface area contributed by atoms with Crippen molar-refractivity contribution in [3.05, 3.63) is 29.8 Å². The molecule has 2 amide bonds. The van der Waals surface area contributed by atoms with Gasteiger partial charge in [0.1, 0.15) is 0 Å². The second-order valence-corrected chi connectivity index (χ2v) is 6.08. The molecule has 2 heterocycles. The molecule has 0 spiro atoms. The molecule has 0 radical (unpaired) electrons. The Hall–Kier alpha value is -1.88. The molecule has 0 bridgehead atoms. The van der Waals surface area contributed by atoms with E-state index in [1.54, 1.807) is 0 Å². The molecule has 0 unspecified atom stereocenters. The highest BCUT2D eigenvalue weighted by atomic mass is 16.2. The Morgan fingerprint density at radius 3 is 2.73 bits per heavy atom. The van der Waals surface area contributed by atoms with Crippen molar-refractivity contribution in [1.82, 2.24) is 10.6 Å². The Balaban J connectivity index is 1.52. The summed E-state index contributed by atoms with van der Waals surface area (Å²) in [7, 11) is 0. The van der Waals surface area contributed by atoms with E-state index in [2.05, 4.69) is 10.6 Å². The third kappa shape index (κ3) is 3.47. The fourth-order valence-corrected chi connectivity index (χ4v) is 3.12. The maximum absolute atomic E-state index is 12.1. The van der Waals surface area contributed by atoms with E-state index in [1.807, 2.05) is 29.2 Å². The summed E-state index contributed by atoms with van der Waals surface area (Å²) in [6, 6.07) is 7.90. The predicted molar refractivity (Wildman–Crippen MR) is 85.5 cm³/mol. The summed E-state index contributed by atoms with van der Waals surface area (Å²) in [4.78, 5) is 25.6. The van der Waals surface area contributed by atoms with E-state index in [0.29, 0.717) is 13.0 Å². The van der Waals surface area contributed by atoms with Crippen LogP contribution in [0.2, 0.25) is 0 Å². The van der Waals surface area contributed by atoms with Crippen LogP contribution in [-0.4, -0.2) is 31.4 Å². The largest absolute Gasteiger partial charge is 0.352 e. The van der Waals surface area contributed by atoms with Crippen molar-refractivity contribution in [2.24, 2.45) is 5.92 Å². The normalized spacial score (nSPS) is 21.9. The molecular weight excluding hydrogens is 278 g/mol. The van der Waals surface area contributed by atoms with Crippen LogP contribution in [-0.2, 0) is 16.1 Å². The van der Waals surface area contributed by atoms with E-state index in [4.69, 9.17) is 0 Å². The Labute approximate surface area is 131 Å². The minimum absolute atomic E-state index is 0.0928. The highest BCUT2D eigenvalue weighted by Crippen LogP contribution is 2.21. The molecule has 3 rings (SSSR count). The van der Waals surface area contributed by atoms with Crippen LogP contribution in [0, 0.1) is 5.92 Å². The van der Waals surface area contributed by atoms with Crippen molar-refractivity contribution >= 4 is 17.5 Å². The van der Waals surface area contributed by atoms with Gasteiger partial charge >= 0.3 is 0 Å². The van der Waals surface area contributed by atoms with Gasteiger partial charge in [-0.3, -0.25) is 9.59 Å². The molecule has 1 aromatic carbocycles. The lowest BCUT2D eigenvalue weighted by atomic mass is 9.99. The molecule has 118 valence electrons. The number of piperidine rings is 1. The summed E-state index contributed by atoms with van der Waals surface area (Å²) in [5, 5.41) is 6.27. The first kappa shape index (κ1) is 15.0. The number of hydrogen-bond donors (Lipinski definition) is 2. The molecular formula is C17H23N3O2. The zero-order valence-electron chi connectivity index (χ0n) is 12.8. The third-order valence-electron chi connectivity index (χ3n) is 4.46. The van der Waals surface area contributed by atoms with E-state index in [1.165, 1.54) is 0 Å². The molecule has 22 heavy (non-hydrogen) atoms. The molecule has 2 fully saturated rings. The second kappa shape index (κ2) is 6.92. The van der Waals surface area contributed by atoms with Crippen molar-refractivity contribution < 1.29 is 9.59 Å². The zero-order valence-corrected chi connectivity index (χ0v) is 12.8. The number of nitrogens with one attached hydrogen (secondary N) is 2. The van der Waals surface area contributed by atoms with Gasteiger partial charge in [-0.15, -0.1) is 0 Å². The molecule has 0 aromatic heterocycles. The Morgan fingerprint density at radius 2 is 2.09 bits per heavy atom. The van der Waals surface area contributed by atoms with Crippen LogP contribution in [0.15, 0.2) is 24.3 Å². The molecule has 1 aromatic rings. The third-order valence-corrected chi connectivity index (χ3v) is 4.46. The minimum Gasteiger partial charge on any atom is -0.352 e. The second-order valence-electron chi connectivity index (χ2n) is 6.08. The van der Waals surface area contributed by atoms with Crippen molar-refractivity contribution in [2.45, 2.75) is 32.2 Å². The van der Waals surface area contributed by atoms with Gasteiger partial charge in [0.25, 0.3) is 0 Å². The highest BCUT2D eigenvalue weighted by Gasteiger charge is 2.22. The van der Waals surface area contributed by atoms with Crippen molar-refractivity contribution in [2.75, 3.05) is 24.5 Å². The first-order valence-electron chi connectivity index (χ1n) is 8.12. The van der Waals surface area contributed by atoms with E-state index in [0.717, 1.165) is 50.1 Å². The Morgan fingerprint density at radius 1 is 1.27 bits per heavy atom. The van der Waals surface area contributed by atoms with Gasteiger partial charge in [-0.2, -0.15) is 0 Å². The molecule has 2 saturated heterocycles.